The Morgan fingerprint density at radius 1 is 1.64 bits per heavy atom. The Morgan fingerprint density at radius 3 is 2.64 bits per heavy atom. The molecule has 1 aromatic rings. The number of rotatable bonds is 2. The Labute approximate surface area is 87.4 Å². The normalized spacial score (nSPS) is 10.6. The average Bonchev–Trinajstić information content (AvgIpc) is 2.08. The SMILES string of the molecule is Cc1cc(C(N)=O)c(C(F)F)nc1Br. The van der Waals surface area contributed by atoms with E-state index in [9.17, 15) is 13.6 Å². The third-order valence-corrected chi connectivity index (χ3v) is 2.46. The van der Waals surface area contributed by atoms with E-state index in [1.165, 1.54) is 6.07 Å². The summed E-state index contributed by atoms with van der Waals surface area (Å²) in [6.07, 6.45) is -2.81. The second kappa shape index (κ2) is 4.00. The molecule has 0 spiro atoms. The number of pyridine rings is 1. The van der Waals surface area contributed by atoms with Gasteiger partial charge in [0.25, 0.3) is 12.3 Å². The molecule has 0 radical (unpaired) electrons. The Morgan fingerprint density at radius 2 is 2.21 bits per heavy atom. The van der Waals surface area contributed by atoms with Gasteiger partial charge in [-0.1, -0.05) is 0 Å². The van der Waals surface area contributed by atoms with E-state index in [0.717, 1.165) is 0 Å². The van der Waals surface area contributed by atoms with Crippen LogP contribution in [0.5, 0.6) is 0 Å². The van der Waals surface area contributed by atoms with Crippen LogP contribution in [0.2, 0.25) is 0 Å². The molecule has 0 bridgehead atoms. The first-order valence-electron chi connectivity index (χ1n) is 3.68. The van der Waals surface area contributed by atoms with E-state index in [1.807, 2.05) is 0 Å². The number of carbonyl (C=O) groups excluding carboxylic acids is 1. The second-order valence-corrected chi connectivity index (χ2v) is 3.44. The lowest BCUT2D eigenvalue weighted by Gasteiger charge is -2.07. The Kier molecular flexibility index (Phi) is 3.15. The molecule has 1 heterocycles. The monoisotopic (exact) mass is 264 g/mol. The molecule has 14 heavy (non-hydrogen) atoms. The number of aryl methyl sites for hydroxylation is 1. The second-order valence-electron chi connectivity index (χ2n) is 2.69. The van der Waals surface area contributed by atoms with Crippen molar-refractivity contribution < 1.29 is 13.6 Å². The number of alkyl halides is 2. The van der Waals surface area contributed by atoms with Gasteiger partial charge in [0, 0.05) is 0 Å². The zero-order valence-electron chi connectivity index (χ0n) is 7.22. The van der Waals surface area contributed by atoms with Crippen LogP contribution in [0.3, 0.4) is 0 Å². The van der Waals surface area contributed by atoms with Gasteiger partial charge in [-0.05, 0) is 34.5 Å². The van der Waals surface area contributed by atoms with Crippen molar-refractivity contribution in [3.05, 3.63) is 27.5 Å². The summed E-state index contributed by atoms with van der Waals surface area (Å²) in [4.78, 5) is 14.4. The van der Waals surface area contributed by atoms with Crippen LogP contribution in [0.1, 0.15) is 28.0 Å². The van der Waals surface area contributed by atoms with E-state index >= 15 is 0 Å². The number of carbonyl (C=O) groups is 1. The molecule has 0 saturated heterocycles. The van der Waals surface area contributed by atoms with Crippen LogP contribution < -0.4 is 5.73 Å². The summed E-state index contributed by atoms with van der Waals surface area (Å²) >= 11 is 3.00. The molecule has 1 amide bonds. The molecule has 2 N–H and O–H groups in total. The molecule has 0 atom stereocenters. The molecule has 1 rings (SSSR count). The van der Waals surface area contributed by atoms with Gasteiger partial charge < -0.3 is 5.73 Å². The first-order chi connectivity index (χ1) is 6.43. The highest BCUT2D eigenvalue weighted by atomic mass is 79.9. The molecular formula is C8H7BrF2N2O. The van der Waals surface area contributed by atoms with Crippen LogP contribution in [0.15, 0.2) is 10.7 Å². The Bertz CT molecular complexity index is 382. The maximum Gasteiger partial charge on any atom is 0.281 e. The summed E-state index contributed by atoms with van der Waals surface area (Å²) in [6, 6.07) is 1.29. The molecule has 6 heteroatoms. The van der Waals surface area contributed by atoms with Gasteiger partial charge in [-0.3, -0.25) is 4.79 Å². The number of nitrogens with zero attached hydrogens (tertiary/aromatic N) is 1. The van der Waals surface area contributed by atoms with Crippen molar-refractivity contribution in [1.82, 2.24) is 4.98 Å². The van der Waals surface area contributed by atoms with Crippen molar-refractivity contribution in [2.45, 2.75) is 13.3 Å². The largest absolute Gasteiger partial charge is 0.366 e. The number of nitrogens with two attached hydrogens (primary N) is 1. The fourth-order valence-corrected chi connectivity index (χ4v) is 1.27. The predicted octanol–water partition coefficient (Wildman–Crippen LogP) is 2.19. The third-order valence-electron chi connectivity index (χ3n) is 1.65. The fraction of sp³-hybridized carbons (Fsp3) is 0.250. The van der Waals surface area contributed by atoms with E-state index < -0.39 is 18.0 Å². The van der Waals surface area contributed by atoms with E-state index in [4.69, 9.17) is 5.73 Å². The van der Waals surface area contributed by atoms with Gasteiger partial charge in [-0.15, -0.1) is 0 Å². The van der Waals surface area contributed by atoms with Gasteiger partial charge in [-0.2, -0.15) is 0 Å². The molecule has 0 saturated carbocycles. The third kappa shape index (κ3) is 2.06. The first-order valence-corrected chi connectivity index (χ1v) is 4.47. The van der Waals surface area contributed by atoms with Crippen LogP contribution in [0.4, 0.5) is 8.78 Å². The topological polar surface area (TPSA) is 56.0 Å². The molecule has 76 valence electrons. The van der Waals surface area contributed by atoms with Crippen LogP contribution in [0, 0.1) is 6.92 Å². The average molecular weight is 265 g/mol. The molecule has 3 nitrogen and oxygen atoms in total. The van der Waals surface area contributed by atoms with Crippen molar-refractivity contribution in [2.75, 3.05) is 0 Å². The Hall–Kier alpha value is -1.04. The van der Waals surface area contributed by atoms with Gasteiger partial charge >= 0.3 is 0 Å². The molecule has 1 aromatic heterocycles. The van der Waals surface area contributed by atoms with Crippen LogP contribution in [-0.4, -0.2) is 10.9 Å². The van der Waals surface area contributed by atoms with Gasteiger partial charge in [-0.25, -0.2) is 13.8 Å². The summed E-state index contributed by atoms with van der Waals surface area (Å²) < 4.78 is 25.1. The number of aromatic nitrogens is 1. The van der Waals surface area contributed by atoms with E-state index in [2.05, 4.69) is 20.9 Å². The predicted molar refractivity (Wildman–Crippen MR) is 50.1 cm³/mol. The highest BCUT2D eigenvalue weighted by Gasteiger charge is 2.19. The summed E-state index contributed by atoms with van der Waals surface area (Å²) in [5.74, 6) is -0.900. The van der Waals surface area contributed by atoms with Crippen LogP contribution in [-0.2, 0) is 0 Å². The summed E-state index contributed by atoms with van der Waals surface area (Å²) in [5, 5.41) is 0. The van der Waals surface area contributed by atoms with E-state index in [-0.39, 0.29) is 10.2 Å². The van der Waals surface area contributed by atoms with Crippen LogP contribution >= 0.6 is 15.9 Å². The minimum absolute atomic E-state index is 0.235. The molecule has 0 fully saturated rings. The molecular weight excluding hydrogens is 258 g/mol. The van der Waals surface area contributed by atoms with Crippen LogP contribution in [0.25, 0.3) is 0 Å². The Balaban J connectivity index is 3.39. The number of hydrogen-bond acceptors (Lipinski definition) is 2. The van der Waals surface area contributed by atoms with Crippen molar-refractivity contribution >= 4 is 21.8 Å². The summed E-state index contributed by atoms with van der Waals surface area (Å²) in [5.41, 5.74) is 4.71. The number of hydrogen-bond donors (Lipinski definition) is 1. The zero-order valence-corrected chi connectivity index (χ0v) is 8.81. The van der Waals surface area contributed by atoms with Crippen molar-refractivity contribution in [1.29, 1.82) is 0 Å². The lowest BCUT2D eigenvalue weighted by Crippen LogP contribution is -2.15. The minimum Gasteiger partial charge on any atom is -0.366 e. The van der Waals surface area contributed by atoms with Gasteiger partial charge in [0.2, 0.25) is 0 Å². The van der Waals surface area contributed by atoms with Gasteiger partial charge in [0.1, 0.15) is 10.3 Å². The zero-order chi connectivity index (χ0) is 10.9. The quantitative estimate of drug-likeness (QED) is 0.833. The summed E-state index contributed by atoms with van der Waals surface area (Å²) in [7, 11) is 0. The molecule has 0 aliphatic rings. The molecule has 0 aromatic carbocycles. The highest BCUT2D eigenvalue weighted by Crippen LogP contribution is 2.25. The number of primary amides is 1. The molecule has 0 aliphatic carbocycles. The van der Waals surface area contributed by atoms with Gasteiger partial charge in [0.15, 0.2) is 0 Å². The highest BCUT2D eigenvalue weighted by molar-refractivity contribution is 9.10. The lowest BCUT2D eigenvalue weighted by molar-refractivity contribution is 0.0982. The minimum atomic E-state index is -2.81. The van der Waals surface area contributed by atoms with Gasteiger partial charge in [0.05, 0.1) is 5.56 Å². The number of amides is 1. The van der Waals surface area contributed by atoms with E-state index in [0.29, 0.717) is 5.56 Å². The van der Waals surface area contributed by atoms with Crippen molar-refractivity contribution in [3.63, 3.8) is 0 Å². The first kappa shape index (κ1) is 11.0. The maximum absolute atomic E-state index is 12.4. The lowest BCUT2D eigenvalue weighted by atomic mass is 10.1. The van der Waals surface area contributed by atoms with Crippen molar-refractivity contribution in [2.24, 2.45) is 5.73 Å². The van der Waals surface area contributed by atoms with E-state index in [1.54, 1.807) is 6.92 Å². The molecule has 0 unspecified atom stereocenters. The standard InChI is InChI=1S/C8H7BrF2N2O/c1-3-2-4(8(12)14)5(7(10)11)13-6(3)9/h2,7H,1H3,(H2,12,14). The summed E-state index contributed by atoms with van der Waals surface area (Å²) in [6.45, 7) is 1.64. The number of halogens is 3. The fourth-order valence-electron chi connectivity index (χ4n) is 0.968. The smallest absolute Gasteiger partial charge is 0.281 e. The van der Waals surface area contributed by atoms with Crippen molar-refractivity contribution in [3.8, 4) is 0 Å². The molecule has 0 aliphatic heterocycles. The maximum atomic E-state index is 12.4.